The number of nitrogens with two attached hydrogens (primary N) is 1. The van der Waals surface area contributed by atoms with Crippen molar-refractivity contribution >= 4 is 28.5 Å². The lowest BCUT2D eigenvalue weighted by Gasteiger charge is -2.08. The number of carbonyl (C=O) groups excluding carboxylic acids is 1. The average molecular weight is 298 g/mol. The van der Waals surface area contributed by atoms with E-state index in [-0.39, 0.29) is 11.7 Å². The zero-order chi connectivity index (χ0) is 14.7. The lowest BCUT2D eigenvalue weighted by molar-refractivity contribution is -0.118. The third-order valence-electron chi connectivity index (χ3n) is 3.23. The molecule has 108 valence electrons. The van der Waals surface area contributed by atoms with E-state index in [0.717, 1.165) is 11.3 Å². The molecule has 2 N–H and O–H groups in total. The lowest BCUT2D eigenvalue weighted by atomic mass is 10.2. The number of aryl methyl sites for hydroxylation is 3. The van der Waals surface area contributed by atoms with Gasteiger partial charge in [-0.05, 0) is 25.0 Å². The van der Waals surface area contributed by atoms with Crippen LogP contribution in [0.3, 0.4) is 0 Å². The van der Waals surface area contributed by atoms with E-state index in [1.165, 1.54) is 6.07 Å². The van der Waals surface area contributed by atoms with Gasteiger partial charge in [0, 0.05) is 31.3 Å². The summed E-state index contributed by atoms with van der Waals surface area (Å²) in [6, 6.07) is 3.21. The maximum Gasteiger partial charge on any atom is 0.217 e. The molecule has 6 heteroatoms. The summed E-state index contributed by atoms with van der Waals surface area (Å²) in [5.41, 5.74) is 7.21. The number of nitrogens with zero attached hydrogens (tertiary/aromatic N) is 2. The van der Waals surface area contributed by atoms with Gasteiger partial charge in [0.1, 0.15) is 11.6 Å². The molecule has 0 saturated heterocycles. The molecule has 0 spiro atoms. The molecule has 0 aliphatic carbocycles. The number of fused-ring (bicyclic) bond motifs is 1. The SMILES string of the molecule is Cc1cc2c(cc1F)nc(CCCl)n2CCCC(N)=O. The molecular weight excluding hydrogens is 281 g/mol. The number of alkyl halides is 1. The zero-order valence-electron chi connectivity index (χ0n) is 11.3. The van der Waals surface area contributed by atoms with E-state index in [2.05, 4.69) is 4.98 Å². The third kappa shape index (κ3) is 3.10. The molecule has 0 aliphatic rings. The molecule has 0 bridgehead atoms. The smallest absolute Gasteiger partial charge is 0.217 e. The molecule has 1 amide bonds. The maximum absolute atomic E-state index is 13.6. The highest BCUT2D eigenvalue weighted by atomic mass is 35.5. The standard InChI is InChI=1S/C14H17ClFN3O/c1-9-7-12-11(8-10(9)16)18-14(4-5-15)19(12)6-2-3-13(17)20/h7-8H,2-6H2,1H3,(H2,17,20). The van der Waals surface area contributed by atoms with Crippen LogP contribution in [-0.4, -0.2) is 21.3 Å². The monoisotopic (exact) mass is 297 g/mol. The molecule has 2 rings (SSSR count). The largest absolute Gasteiger partial charge is 0.370 e. The quantitative estimate of drug-likeness (QED) is 0.833. The van der Waals surface area contributed by atoms with Crippen LogP contribution in [0.2, 0.25) is 0 Å². The molecule has 0 aliphatic heterocycles. The van der Waals surface area contributed by atoms with Crippen molar-refractivity contribution in [2.24, 2.45) is 5.73 Å². The van der Waals surface area contributed by atoms with E-state index in [9.17, 15) is 9.18 Å². The molecule has 0 saturated carbocycles. The highest BCUT2D eigenvalue weighted by Crippen LogP contribution is 2.21. The molecule has 0 fully saturated rings. The van der Waals surface area contributed by atoms with E-state index in [1.54, 1.807) is 13.0 Å². The van der Waals surface area contributed by atoms with Crippen molar-refractivity contribution in [2.45, 2.75) is 32.7 Å². The normalized spacial score (nSPS) is 11.2. The second-order valence-corrected chi connectivity index (χ2v) is 5.16. The van der Waals surface area contributed by atoms with Crippen molar-refractivity contribution in [1.82, 2.24) is 9.55 Å². The van der Waals surface area contributed by atoms with Crippen molar-refractivity contribution in [3.05, 3.63) is 29.3 Å². The van der Waals surface area contributed by atoms with Crippen LogP contribution < -0.4 is 5.73 Å². The summed E-state index contributed by atoms with van der Waals surface area (Å²) in [4.78, 5) is 15.3. The van der Waals surface area contributed by atoms with Gasteiger partial charge in [0.25, 0.3) is 0 Å². The predicted octanol–water partition coefficient (Wildman–Crippen LogP) is 2.53. The number of hydrogen-bond donors (Lipinski definition) is 1. The first kappa shape index (κ1) is 14.8. The van der Waals surface area contributed by atoms with Gasteiger partial charge in [-0.15, -0.1) is 11.6 Å². The molecule has 0 radical (unpaired) electrons. The summed E-state index contributed by atoms with van der Waals surface area (Å²) in [5, 5.41) is 0. The summed E-state index contributed by atoms with van der Waals surface area (Å²) in [6.07, 6.45) is 1.56. The Morgan fingerprint density at radius 1 is 1.50 bits per heavy atom. The van der Waals surface area contributed by atoms with Crippen LogP contribution in [0.25, 0.3) is 11.0 Å². The van der Waals surface area contributed by atoms with Gasteiger partial charge < -0.3 is 10.3 Å². The van der Waals surface area contributed by atoms with Crippen LogP contribution in [0.4, 0.5) is 4.39 Å². The molecule has 0 unspecified atom stereocenters. The number of carbonyl (C=O) groups is 1. The van der Waals surface area contributed by atoms with Gasteiger partial charge in [-0.2, -0.15) is 0 Å². The first-order valence-electron chi connectivity index (χ1n) is 6.52. The second kappa shape index (κ2) is 6.22. The van der Waals surface area contributed by atoms with Crippen LogP contribution in [0, 0.1) is 12.7 Å². The fraction of sp³-hybridized carbons (Fsp3) is 0.429. The molecule has 2 aromatic rings. The van der Waals surface area contributed by atoms with E-state index in [1.807, 2.05) is 4.57 Å². The second-order valence-electron chi connectivity index (χ2n) is 4.78. The zero-order valence-corrected chi connectivity index (χ0v) is 12.1. The van der Waals surface area contributed by atoms with Crippen LogP contribution in [-0.2, 0) is 17.8 Å². The van der Waals surface area contributed by atoms with Crippen LogP contribution in [0.1, 0.15) is 24.2 Å². The Kier molecular flexibility index (Phi) is 4.60. The van der Waals surface area contributed by atoms with Crippen LogP contribution in [0.15, 0.2) is 12.1 Å². The topological polar surface area (TPSA) is 60.9 Å². The molecule has 4 nitrogen and oxygen atoms in total. The Hall–Kier alpha value is -1.62. The number of hydrogen-bond acceptors (Lipinski definition) is 2. The maximum atomic E-state index is 13.6. The lowest BCUT2D eigenvalue weighted by Crippen LogP contribution is -2.12. The van der Waals surface area contributed by atoms with Crippen LogP contribution in [0.5, 0.6) is 0 Å². The molecule has 1 aromatic carbocycles. The summed E-state index contributed by atoms with van der Waals surface area (Å²) in [5.74, 6) is 0.664. The number of primary amides is 1. The van der Waals surface area contributed by atoms with E-state index < -0.39 is 0 Å². The summed E-state index contributed by atoms with van der Waals surface area (Å²) in [6.45, 7) is 2.34. The Morgan fingerprint density at radius 2 is 2.25 bits per heavy atom. The Balaban J connectivity index is 2.39. The van der Waals surface area contributed by atoms with E-state index in [4.69, 9.17) is 17.3 Å². The summed E-state index contributed by atoms with van der Waals surface area (Å²) in [7, 11) is 0. The van der Waals surface area contributed by atoms with Crippen molar-refractivity contribution in [3.63, 3.8) is 0 Å². The predicted molar refractivity (Wildman–Crippen MR) is 77.3 cm³/mol. The van der Waals surface area contributed by atoms with Crippen molar-refractivity contribution in [2.75, 3.05) is 5.88 Å². The highest BCUT2D eigenvalue weighted by molar-refractivity contribution is 6.17. The number of imidazole rings is 1. The Labute approximate surface area is 121 Å². The molecule has 0 atom stereocenters. The number of rotatable bonds is 6. The number of amides is 1. The van der Waals surface area contributed by atoms with E-state index >= 15 is 0 Å². The van der Waals surface area contributed by atoms with E-state index in [0.29, 0.717) is 42.8 Å². The van der Waals surface area contributed by atoms with Crippen LogP contribution >= 0.6 is 11.6 Å². The fourth-order valence-corrected chi connectivity index (χ4v) is 2.41. The van der Waals surface area contributed by atoms with Crippen molar-refractivity contribution in [1.29, 1.82) is 0 Å². The first-order valence-corrected chi connectivity index (χ1v) is 7.06. The molecular formula is C14H17ClFN3O. The number of halogens is 2. The Morgan fingerprint density at radius 3 is 2.90 bits per heavy atom. The van der Waals surface area contributed by atoms with Gasteiger partial charge >= 0.3 is 0 Å². The van der Waals surface area contributed by atoms with Gasteiger partial charge in [-0.3, -0.25) is 4.79 Å². The third-order valence-corrected chi connectivity index (χ3v) is 3.42. The van der Waals surface area contributed by atoms with Gasteiger partial charge in [-0.1, -0.05) is 0 Å². The van der Waals surface area contributed by atoms with Gasteiger partial charge in [0.2, 0.25) is 5.91 Å². The van der Waals surface area contributed by atoms with Crippen molar-refractivity contribution < 1.29 is 9.18 Å². The fourth-order valence-electron chi connectivity index (χ4n) is 2.24. The molecule has 20 heavy (non-hydrogen) atoms. The minimum atomic E-state index is -0.324. The minimum Gasteiger partial charge on any atom is -0.370 e. The van der Waals surface area contributed by atoms with Crippen molar-refractivity contribution in [3.8, 4) is 0 Å². The van der Waals surface area contributed by atoms with Gasteiger partial charge in [-0.25, -0.2) is 9.37 Å². The summed E-state index contributed by atoms with van der Waals surface area (Å²) >= 11 is 5.78. The molecule has 1 aromatic heterocycles. The van der Waals surface area contributed by atoms with Gasteiger partial charge in [0.15, 0.2) is 0 Å². The summed E-state index contributed by atoms with van der Waals surface area (Å²) < 4.78 is 15.6. The first-order chi connectivity index (χ1) is 9.52. The average Bonchev–Trinajstić information content (AvgIpc) is 2.68. The number of aromatic nitrogens is 2. The Bertz CT molecular complexity index is 639. The number of benzene rings is 1. The molecule has 1 heterocycles. The van der Waals surface area contributed by atoms with Gasteiger partial charge in [0.05, 0.1) is 11.0 Å². The highest BCUT2D eigenvalue weighted by Gasteiger charge is 2.12. The minimum absolute atomic E-state index is 0.267.